The van der Waals surface area contributed by atoms with Crippen molar-refractivity contribution in [3.05, 3.63) is 22.9 Å². The van der Waals surface area contributed by atoms with Crippen molar-refractivity contribution in [1.82, 2.24) is 0 Å². The van der Waals surface area contributed by atoms with Gasteiger partial charge in [-0.3, -0.25) is 9.59 Å². The van der Waals surface area contributed by atoms with Gasteiger partial charge in [0.25, 0.3) is 0 Å². The van der Waals surface area contributed by atoms with Gasteiger partial charge in [0.1, 0.15) is 0 Å². The molecule has 1 aromatic heterocycles. The summed E-state index contributed by atoms with van der Waals surface area (Å²) in [5.74, 6) is -0.340. The summed E-state index contributed by atoms with van der Waals surface area (Å²) in [6.45, 7) is 0. The number of Topliss-reactive ketones (excluding diaryl/α,β-unsaturated/α-hetero) is 2. The van der Waals surface area contributed by atoms with Crippen molar-refractivity contribution in [2.75, 3.05) is 0 Å². The maximum atomic E-state index is 10.4. The molecule has 0 saturated heterocycles. The molecule has 3 heteroatoms. The molecule has 2 rings (SSSR count). The lowest BCUT2D eigenvalue weighted by Crippen LogP contribution is -2.17. The number of carbonyl (C=O) groups is 2. The van der Waals surface area contributed by atoms with Gasteiger partial charge >= 0.3 is 0 Å². The Labute approximate surface area is 81.6 Å². The second-order valence-electron chi connectivity index (χ2n) is 2.85. The Morgan fingerprint density at radius 3 is 1.62 bits per heavy atom. The Balaban J connectivity index is 0.000000145. The number of hydrogen-bond acceptors (Lipinski definition) is 3. The average Bonchev–Trinajstić information content (AvgIpc) is 2.68. The van der Waals surface area contributed by atoms with E-state index in [1.807, 2.05) is 22.9 Å². The minimum Gasteiger partial charge on any atom is -0.291 e. The van der Waals surface area contributed by atoms with E-state index in [1.165, 1.54) is 0 Å². The molecule has 1 heterocycles. The summed E-state index contributed by atoms with van der Waals surface area (Å²) in [6.07, 6.45) is 2.78. The van der Waals surface area contributed by atoms with E-state index in [0.717, 1.165) is 12.8 Å². The van der Waals surface area contributed by atoms with Gasteiger partial charge in [-0.15, -0.1) is 0 Å². The zero-order valence-corrected chi connectivity index (χ0v) is 8.18. The van der Waals surface area contributed by atoms with Gasteiger partial charge < -0.3 is 0 Å². The Morgan fingerprint density at radius 1 is 0.923 bits per heavy atom. The van der Waals surface area contributed by atoms with Crippen LogP contribution in [0.25, 0.3) is 0 Å². The lowest BCUT2D eigenvalue weighted by atomic mass is 9.98. The second-order valence-corrected chi connectivity index (χ2v) is 3.66. The summed E-state index contributed by atoms with van der Waals surface area (Å²) >= 11 is 1.71. The third-order valence-corrected chi connectivity index (χ3v) is 2.42. The fourth-order valence-corrected chi connectivity index (χ4v) is 1.53. The van der Waals surface area contributed by atoms with E-state index < -0.39 is 0 Å². The van der Waals surface area contributed by atoms with Crippen LogP contribution in [0.5, 0.6) is 0 Å². The van der Waals surface area contributed by atoms with E-state index in [9.17, 15) is 9.59 Å². The number of ketones is 2. The van der Waals surface area contributed by atoms with E-state index in [0.29, 0.717) is 12.8 Å². The van der Waals surface area contributed by atoms with Crippen molar-refractivity contribution in [3.63, 3.8) is 0 Å². The van der Waals surface area contributed by atoms with Crippen LogP contribution in [0.1, 0.15) is 25.7 Å². The standard InChI is InChI=1S/C6H8O2.C4H4S/c7-5-3-1-2-4-6(5)8;1-2-4-5-3-1/h1-4H2;1-4H. The van der Waals surface area contributed by atoms with Crippen molar-refractivity contribution in [2.45, 2.75) is 25.7 Å². The normalized spacial score (nSPS) is 16.3. The van der Waals surface area contributed by atoms with E-state index in [2.05, 4.69) is 0 Å². The molecule has 0 unspecified atom stereocenters. The molecule has 0 N–H and O–H groups in total. The average molecular weight is 196 g/mol. The van der Waals surface area contributed by atoms with Gasteiger partial charge in [0.05, 0.1) is 0 Å². The van der Waals surface area contributed by atoms with Crippen LogP contribution in [0, 0.1) is 0 Å². The lowest BCUT2D eigenvalue weighted by molar-refractivity contribution is -0.137. The van der Waals surface area contributed by atoms with Gasteiger partial charge in [-0.1, -0.05) is 12.1 Å². The van der Waals surface area contributed by atoms with E-state index in [-0.39, 0.29) is 11.6 Å². The third-order valence-electron chi connectivity index (χ3n) is 1.79. The first-order chi connectivity index (χ1) is 6.30. The first kappa shape index (κ1) is 10.1. The van der Waals surface area contributed by atoms with Crippen LogP contribution < -0.4 is 0 Å². The van der Waals surface area contributed by atoms with Gasteiger partial charge in [-0.05, 0) is 23.6 Å². The number of thiophene rings is 1. The molecule has 13 heavy (non-hydrogen) atoms. The van der Waals surface area contributed by atoms with Crippen LogP contribution in [-0.4, -0.2) is 11.6 Å². The molecule has 1 aliphatic rings. The summed E-state index contributed by atoms with van der Waals surface area (Å²) in [5.41, 5.74) is 0. The quantitative estimate of drug-likeness (QED) is 0.597. The molecular weight excluding hydrogens is 184 g/mol. The van der Waals surface area contributed by atoms with Crippen LogP contribution in [0.2, 0.25) is 0 Å². The molecule has 0 bridgehead atoms. The van der Waals surface area contributed by atoms with Crippen LogP contribution in [0.15, 0.2) is 22.9 Å². The Hall–Kier alpha value is -0.960. The molecule has 0 radical (unpaired) electrons. The maximum absolute atomic E-state index is 10.4. The molecule has 0 atom stereocenters. The fourth-order valence-electron chi connectivity index (χ4n) is 1.08. The first-order valence-corrected chi connectivity index (χ1v) is 5.28. The highest BCUT2D eigenvalue weighted by Crippen LogP contribution is 2.09. The molecule has 1 saturated carbocycles. The fraction of sp³-hybridized carbons (Fsp3) is 0.400. The molecule has 1 aliphatic carbocycles. The molecule has 0 spiro atoms. The second kappa shape index (κ2) is 5.65. The molecule has 0 aliphatic heterocycles. The van der Waals surface area contributed by atoms with Crippen LogP contribution >= 0.6 is 11.3 Å². The highest BCUT2D eigenvalue weighted by Gasteiger charge is 2.16. The molecule has 1 aromatic rings. The van der Waals surface area contributed by atoms with Gasteiger partial charge in [0.15, 0.2) is 11.6 Å². The smallest absolute Gasteiger partial charge is 0.198 e. The molecule has 0 aromatic carbocycles. The summed E-state index contributed by atoms with van der Waals surface area (Å²) < 4.78 is 0. The van der Waals surface area contributed by atoms with Crippen molar-refractivity contribution in [1.29, 1.82) is 0 Å². The Kier molecular flexibility index (Phi) is 4.40. The minimum absolute atomic E-state index is 0.170. The first-order valence-electron chi connectivity index (χ1n) is 4.34. The zero-order chi connectivity index (χ0) is 9.52. The monoisotopic (exact) mass is 196 g/mol. The van der Waals surface area contributed by atoms with Gasteiger partial charge in [-0.25, -0.2) is 0 Å². The molecule has 70 valence electrons. The minimum atomic E-state index is -0.170. The predicted molar refractivity (Wildman–Crippen MR) is 52.8 cm³/mol. The van der Waals surface area contributed by atoms with Crippen LogP contribution in [-0.2, 0) is 9.59 Å². The van der Waals surface area contributed by atoms with Gasteiger partial charge in [0, 0.05) is 12.8 Å². The predicted octanol–water partition coefficient (Wildman–Crippen LogP) is 2.45. The van der Waals surface area contributed by atoms with E-state index >= 15 is 0 Å². The van der Waals surface area contributed by atoms with E-state index in [4.69, 9.17) is 0 Å². The van der Waals surface area contributed by atoms with Crippen molar-refractivity contribution in [3.8, 4) is 0 Å². The number of rotatable bonds is 0. The largest absolute Gasteiger partial charge is 0.291 e. The molecule has 0 amide bonds. The van der Waals surface area contributed by atoms with Gasteiger partial charge in [-0.2, -0.15) is 11.3 Å². The number of carbonyl (C=O) groups excluding carboxylic acids is 2. The van der Waals surface area contributed by atoms with Crippen LogP contribution in [0.3, 0.4) is 0 Å². The number of hydrogen-bond donors (Lipinski definition) is 0. The molecule has 1 fully saturated rings. The lowest BCUT2D eigenvalue weighted by Gasteiger charge is -2.04. The SMILES string of the molecule is O=C1CCCCC1=O.c1ccsc1. The summed E-state index contributed by atoms with van der Waals surface area (Å²) in [4.78, 5) is 20.9. The molecular formula is C10H12O2S. The summed E-state index contributed by atoms with van der Waals surface area (Å²) in [5, 5.41) is 4.08. The van der Waals surface area contributed by atoms with Crippen LogP contribution in [0.4, 0.5) is 0 Å². The highest BCUT2D eigenvalue weighted by molar-refractivity contribution is 7.07. The third kappa shape index (κ3) is 3.99. The topological polar surface area (TPSA) is 34.1 Å². The Morgan fingerprint density at radius 2 is 1.38 bits per heavy atom. The van der Waals surface area contributed by atoms with Crippen molar-refractivity contribution < 1.29 is 9.59 Å². The maximum Gasteiger partial charge on any atom is 0.198 e. The molecule has 2 nitrogen and oxygen atoms in total. The van der Waals surface area contributed by atoms with E-state index in [1.54, 1.807) is 11.3 Å². The van der Waals surface area contributed by atoms with Crippen molar-refractivity contribution >= 4 is 22.9 Å². The summed E-state index contributed by atoms with van der Waals surface area (Å²) in [7, 11) is 0. The zero-order valence-electron chi connectivity index (χ0n) is 7.36. The summed E-state index contributed by atoms with van der Waals surface area (Å²) in [6, 6.07) is 4.04. The highest BCUT2D eigenvalue weighted by atomic mass is 32.1. The Bertz CT molecular complexity index is 231. The van der Waals surface area contributed by atoms with Crippen molar-refractivity contribution in [2.24, 2.45) is 0 Å². The van der Waals surface area contributed by atoms with Gasteiger partial charge in [0.2, 0.25) is 0 Å².